The highest BCUT2D eigenvalue weighted by Gasteiger charge is 2.32. The molecule has 0 amide bonds. The first-order valence-electron chi connectivity index (χ1n) is 12.1. The number of nitrogens with one attached hydrogen (secondary N) is 1. The maximum Gasteiger partial charge on any atom is 0.143 e. The van der Waals surface area contributed by atoms with Gasteiger partial charge in [-0.25, -0.2) is 0 Å². The van der Waals surface area contributed by atoms with Crippen molar-refractivity contribution in [3.63, 3.8) is 0 Å². The van der Waals surface area contributed by atoms with E-state index in [0.29, 0.717) is 32.6 Å². The Morgan fingerprint density at radius 1 is 0.683 bits per heavy atom. The van der Waals surface area contributed by atoms with Gasteiger partial charge in [0.15, 0.2) is 0 Å². The summed E-state index contributed by atoms with van der Waals surface area (Å²) in [6.07, 6.45) is 6.82. The van der Waals surface area contributed by atoms with Crippen LogP contribution in [-0.4, -0.2) is 43.5 Å². The van der Waals surface area contributed by atoms with E-state index in [2.05, 4.69) is 36.1 Å². The van der Waals surface area contributed by atoms with Gasteiger partial charge in [0.25, 0.3) is 0 Å². The van der Waals surface area contributed by atoms with Crippen LogP contribution in [-0.2, 0) is 11.2 Å². The van der Waals surface area contributed by atoms with Gasteiger partial charge < -0.3 is 21.7 Å². The molecule has 0 aliphatic rings. The fourth-order valence-electron chi connectivity index (χ4n) is 4.03. The Kier molecular flexibility index (Phi) is 11.4. The van der Waals surface area contributed by atoms with Crippen molar-refractivity contribution in [3.05, 3.63) is 135 Å². The molecule has 8 nitrogen and oxygen atoms in total. The Balaban J connectivity index is 0.000000225. The molecule has 2 unspecified atom stereocenters. The maximum absolute atomic E-state index is 10.9. The molecule has 7 N–H and O–H groups in total. The standard InChI is InChI=1S/C16H15ClN4O.C13H12BrClN2O.ClH/c17-14-4-2-13(3-5-14)16(22,10-18)15-6-1-11(7-19-15)12-8-20-21-9-12;14-10-3-6-12(17-7-10)13(18,8-16)9-1-4-11(15)5-2-9;/h1-9,22H,10,18H2,(H,20,21);1-7,18H,8,16H2;1H. The summed E-state index contributed by atoms with van der Waals surface area (Å²) in [5.41, 5.74) is 13.0. The summed E-state index contributed by atoms with van der Waals surface area (Å²) in [4.78, 5) is 8.58. The lowest BCUT2D eigenvalue weighted by molar-refractivity contribution is 0.0853. The minimum Gasteiger partial charge on any atom is -0.377 e. The normalized spacial score (nSPS) is 13.6. The molecule has 0 radical (unpaired) electrons. The summed E-state index contributed by atoms with van der Waals surface area (Å²) < 4.78 is 0.849. The second-order valence-electron chi connectivity index (χ2n) is 8.92. The second kappa shape index (κ2) is 14.4. The van der Waals surface area contributed by atoms with Gasteiger partial charge in [-0.3, -0.25) is 15.1 Å². The quantitative estimate of drug-likeness (QED) is 0.154. The summed E-state index contributed by atoms with van der Waals surface area (Å²) in [6, 6.07) is 21.1. The summed E-state index contributed by atoms with van der Waals surface area (Å²) in [5.74, 6) is 0. The zero-order chi connectivity index (χ0) is 28.8. The molecule has 2 aromatic carbocycles. The summed E-state index contributed by atoms with van der Waals surface area (Å²) in [6.45, 7) is 0.0654. The Bertz CT molecular complexity index is 1460. The summed E-state index contributed by atoms with van der Waals surface area (Å²) in [5, 5.41) is 29.5. The fraction of sp³-hybridized carbons (Fsp3) is 0.138. The average Bonchev–Trinajstić information content (AvgIpc) is 3.53. The molecule has 0 aliphatic carbocycles. The summed E-state index contributed by atoms with van der Waals surface area (Å²) >= 11 is 15.0. The van der Waals surface area contributed by atoms with Gasteiger partial charge in [-0.05, 0) is 69.5 Å². The van der Waals surface area contributed by atoms with Crippen LogP contribution in [0.5, 0.6) is 0 Å². The second-order valence-corrected chi connectivity index (χ2v) is 10.7. The van der Waals surface area contributed by atoms with Crippen molar-refractivity contribution >= 4 is 51.5 Å². The first kappa shape index (κ1) is 32.7. The molecule has 12 heteroatoms. The predicted octanol–water partition coefficient (Wildman–Crippen LogP) is 5.43. The van der Waals surface area contributed by atoms with Gasteiger partial charge in [-0.2, -0.15) is 5.10 Å². The average molecular weight is 679 g/mol. The van der Waals surface area contributed by atoms with E-state index in [4.69, 9.17) is 34.7 Å². The van der Waals surface area contributed by atoms with Crippen LogP contribution in [0.25, 0.3) is 11.1 Å². The Labute approximate surface area is 262 Å². The largest absolute Gasteiger partial charge is 0.377 e. The van der Waals surface area contributed by atoms with E-state index >= 15 is 0 Å². The molecule has 0 aliphatic heterocycles. The molecule has 0 saturated heterocycles. The number of H-pyrrole nitrogens is 1. The van der Waals surface area contributed by atoms with Crippen molar-refractivity contribution in [2.75, 3.05) is 13.1 Å². The van der Waals surface area contributed by atoms with E-state index in [0.717, 1.165) is 15.6 Å². The number of halogens is 4. The van der Waals surface area contributed by atoms with Crippen molar-refractivity contribution in [3.8, 4) is 11.1 Å². The Morgan fingerprint density at radius 2 is 1.17 bits per heavy atom. The van der Waals surface area contributed by atoms with Crippen LogP contribution in [0.4, 0.5) is 0 Å². The van der Waals surface area contributed by atoms with Crippen LogP contribution < -0.4 is 11.5 Å². The molecule has 0 saturated carbocycles. The molecule has 214 valence electrons. The van der Waals surface area contributed by atoms with E-state index in [1.807, 2.05) is 12.1 Å². The number of benzene rings is 2. The van der Waals surface area contributed by atoms with Gasteiger partial charge in [0, 0.05) is 57.3 Å². The van der Waals surface area contributed by atoms with E-state index in [1.54, 1.807) is 85.5 Å². The summed E-state index contributed by atoms with van der Waals surface area (Å²) in [7, 11) is 0. The first-order chi connectivity index (χ1) is 19.2. The van der Waals surface area contributed by atoms with E-state index in [1.165, 1.54) is 0 Å². The molecule has 5 rings (SSSR count). The van der Waals surface area contributed by atoms with E-state index in [9.17, 15) is 10.2 Å². The lowest BCUT2D eigenvalue weighted by Gasteiger charge is -2.26. The van der Waals surface area contributed by atoms with Crippen LogP contribution in [0.3, 0.4) is 0 Å². The van der Waals surface area contributed by atoms with Gasteiger partial charge in [-0.15, -0.1) is 12.4 Å². The van der Waals surface area contributed by atoms with Crippen LogP contribution in [0.15, 0.2) is 102 Å². The number of hydrogen-bond donors (Lipinski definition) is 5. The van der Waals surface area contributed by atoms with Crippen LogP contribution in [0.2, 0.25) is 10.0 Å². The molecule has 5 aromatic rings. The van der Waals surface area contributed by atoms with Crippen LogP contribution in [0.1, 0.15) is 22.5 Å². The Hall–Kier alpha value is -2.86. The molecule has 3 aromatic heterocycles. The number of aliphatic hydroxyl groups is 2. The fourth-order valence-corrected chi connectivity index (χ4v) is 4.52. The predicted molar refractivity (Wildman–Crippen MR) is 168 cm³/mol. The van der Waals surface area contributed by atoms with Gasteiger partial charge in [0.1, 0.15) is 11.2 Å². The topological polar surface area (TPSA) is 147 Å². The number of hydrogen-bond acceptors (Lipinski definition) is 7. The van der Waals surface area contributed by atoms with Gasteiger partial charge >= 0.3 is 0 Å². The van der Waals surface area contributed by atoms with E-state index < -0.39 is 11.2 Å². The number of aromatic amines is 1. The van der Waals surface area contributed by atoms with Gasteiger partial charge in [-0.1, -0.05) is 53.5 Å². The molecule has 2 atom stereocenters. The third-order valence-electron chi connectivity index (χ3n) is 6.40. The number of nitrogens with two attached hydrogens (primary N) is 2. The van der Waals surface area contributed by atoms with Crippen LogP contribution in [0, 0.1) is 0 Å². The van der Waals surface area contributed by atoms with Crippen molar-refractivity contribution in [2.45, 2.75) is 11.2 Å². The molecule has 0 bridgehead atoms. The van der Waals surface area contributed by atoms with E-state index in [-0.39, 0.29) is 25.5 Å². The number of pyridine rings is 2. The maximum atomic E-state index is 10.9. The highest BCUT2D eigenvalue weighted by molar-refractivity contribution is 9.10. The SMILES string of the molecule is Cl.NCC(O)(c1ccc(Cl)cc1)c1ccc(-c2cn[nH]c2)cn1.NCC(O)(c1ccc(Cl)cc1)c1ccc(Br)cn1. The number of nitrogens with zero attached hydrogens (tertiary/aromatic N) is 3. The van der Waals surface area contributed by atoms with Crippen molar-refractivity contribution in [1.82, 2.24) is 20.2 Å². The number of aromatic nitrogens is 4. The molecule has 0 fully saturated rings. The van der Waals surface area contributed by atoms with Gasteiger partial charge in [0.2, 0.25) is 0 Å². The minimum absolute atomic E-state index is 0. The smallest absolute Gasteiger partial charge is 0.143 e. The van der Waals surface area contributed by atoms with Crippen molar-refractivity contribution in [1.29, 1.82) is 0 Å². The van der Waals surface area contributed by atoms with Crippen LogP contribution >= 0.6 is 51.5 Å². The lowest BCUT2D eigenvalue weighted by Crippen LogP contribution is -2.36. The molecule has 0 spiro atoms. The number of rotatable bonds is 7. The van der Waals surface area contributed by atoms with Gasteiger partial charge in [0.05, 0.1) is 17.6 Å². The third-order valence-corrected chi connectivity index (χ3v) is 7.38. The highest BCUT2D eigenvalue weighted by Crippen LogP contribution is 2.30. The molecular weight excluding hydrogens is 651 g/mol. The third kappa shape index (κ3) is 7.51. The zero-order valence-electron chi connectivity index (χ0n) is 21.6. The van der Waals surface area contributed by atoms with Crippen molar-refractivity contribution in [2.24, 2.45) is 11.5 Å². The first-order valence-corrected chi connectivity index (χ1v) is 13.7. The zero-order valence-corrected chi connectivity index (χ0v) is 25.5. The molecule has 41 heavy (non-hydrogen) atoms. The highest BCUT2D eigenvalue weighted by atomic mass is 79.9. The lowest BCUT2D eigenvalue weighted by atomic mass is 9.89. The molecule has 3 heterocycles. The molecular formula is C29H28BrCl3N6O2. The minimum atomic E-state index is -1.35. The van der Waals surface area contributed by atoms with Crippen molar-refractivity contribution < 1.29 is 10.2 Å². The monoisotopic (exact) mass is 676 g/mol. The Morgan fingerprint density at radius 3 is 1.54 bits per heavy atom.